The Balaban J connectivity index is 2.90. The summed E-state index contributed by atoms with van der Waals surface area (Å²) in [4.78, 5) is 12.1. The van der Waals surface area contributed by atoms with Gasteiger partial charge in [0.15, 0.2) is 6.10 Å². The van der Waals surface area contributed by atoms with Crippen molar-refractivity contribution in [3.8, 4) is 5.75 Å². The van der Waals surface area contributed by atoms with Crippen LogP contribution in [0.1, 0.15) is 38.8 Å². The molecule has 0 heterocycles. The summed E-state index contributed by atoms with van der Waals surface area (Å²) in [5, 5.41) is 2.90. The smallest absolute Gasteiger partial charge is 0.261 e. The Morgan fingerprint density at radius 2 is 2.05 bits per heavy atom. The first-order valence-electron chi connectivity index (χ1n) is 6.62. The van der Waals surface area contributed by atoms with Crippen LogP contribution in [0.5, 0.6) is 5.75 Å². The molecule has 0 bridgehead atoms. The van der Waals surface area contributed by atoms with Gasteiger partial charge in [-0.25, -0.2) is 0 Å². The second-order valence-electron chi connectivity index (χ2n) is 5.91. The van der Waals surface area contributed by atoms with Crippen LogP contribution in [0.2, 0.25) is 0 Å². The standard InChI is InChI=1S/C15H23BrN2O2/c1-9-6-12(16)7-11(8-17)13(9)20-10(2)14(19)18-15(3,4)5/h6-7,10H,8,17H2,1-5H3,(H,18,19). The first-order valence-corrected chi connectivity index (χ1v) is 7.41. The van der Waals surface area contributed by atoms with Crippen molar-refractivity contribution in [3.63, 3.8) is 0 Å². The van der Waals surface area contributed by atoms with Crippen LogP contribution in [-0.2, 0) is 11.3 Å². The molecule has 0 aliphatic carbocycles. The van der Waals surface area contributed by atoms with Gasteiger partial charge in [0.2, 0.25) is 0 Å². The molecule has 0 aliphatic heterocycles. The van der Waals surface area contributed by atoms with Gasteiger partial charge in [0, 0.05) is 22.1 Å². The maximum atomic E-state index is 12.1. The number of hydrogen-bond donors (Lipinski definition) is 2. The van der Waals surface area contributed by atoms with Gasteiger partial charge in [-0.15, -0.1) is 0 Å². The summed E-state index contributed by atoms with van der Waals surface area (Å²) in [7, 11) is 0. The molecule has 1 unspecified atom stereocenters. The fourth-order valence-electron chi connectivity index (χ4n) is 1.82. The van der Waals surface area contributed by atoms with Gasteiger partial charge in [-0.2, -0.15) is 0 Å². The van der Waals surface area contributed by atoms with E-state index in [1.807, 2.05) is 39.8 Å². The van der Waals surface area contributed by atoms with Crippen LogP contribution in [0.4, 0.5) is 0 Å². The van der Waals surface area contributed by atoms with Gasteiger partial charge >= 0.3 is 0 Å². The van der Waals surface area contributed by atoms with Crippen LogP contribution >= 0.6 is 15.9 Å². The number of halogens is 1. The highest BCUT2D eigenvalue weighted by atomic mass is 79.9. The predicted molar refractivity (Wildman–Crippen MR) is 84.8 cm³/mol. The summed E-state index contributed by atoms with van der Waals surface area (Å²) < 4.78 is 6.77. The molecule has 0 spiro atoms. The van der Waals surface area contributed by atoms with E-state index in [0.29, 0.717) is 12.3 Å². The molecule has 0 aromatic heterocycles. The maximum absolute atomic E-state index is 12.1. The van der Waals surface area contributed by atoms with Gasteiger partial charge in [0.25, 0.3) is 5.91 Å². The number of amides is 1. The lowest BCUT2D eigenvalue weighted by molar-refractivity contribution is -0.128. The zero-order valence-corrected chi connectivity index (χ0v) is 14.3. The SMILES string of the molecule is Cc1cc(Br)cc(CN)c1OC(C)C(=O)NC(C)(C)C. The van der Waals surface area contributed by atoms with Crippen LogP contribution < -0.4 is 15.8 Å². The molecule has 0 radical (unpaired) electrons. The van der Waals surface area contributed by atoms with Gasteiger partial charge < -0.3 is 15.8 Å². The zero-order chi connectivity index (χ0) is 15.5. The quantitative estimate of drug-likeness (QED) is 0.884. The fourth-order valence-corrected chi connectivity index (χ4v) is 2.44. The van der Waals surface area contributed by atoms with E-state index >= 15 is 0 Å². The monoisotopic (exact) mass is 342 g/mol. The number of aryl methyl sites for hydroxylation is 1. The summed E-state index contributed by atoms with van der Waals surface area (Å²) >= 11 is 3.43. The number of carbonyl (C=O) groups excluding carboxylic acids is 1. The third-order valence-electron chi connectivity index (χ3n) is 2.70. The topological polar surface area (TPSA) is 64.3 Å². The van der Waals surface area contributed by atoms with Crippen molar-refractivity contribution < 1.29 is 9.53 Å². The minimum absolute atomic E-state index is 0.136. The van der Waals surface area contributed by atoms with E-state index in [1.165, 1.54) is 0 Å². The van der Waals surface area contributed by atoms with Crippen molar-refractivity contribution in [3.05, 3.63) is 27.7 Å². The third kappa shape index (κ3) is 4.80. The summed E-state index contributed by atoms with van der Waals surface area (Å²) in [6.07, 6.45) is -0.570. The Bertz CT molecular complexity index is 495. The van der Waals surface area contributed by atoms with Gasteiger partial charge in [-0.1, -0.05) is 15.9 Å². The lowest BCUT2D eigenvalue weighted by Crippen LogP contribution is -2.46. The van der Waals surface area contributed by atoms with E-state index in [4.69, 9.17) is 10.5 Å². The molecule has 3 N–H and O–H groups in total. The number of carbonyl (C=O) groups is 1. The highest BCUT2D eigenvalue weighted by molar-refractivity contribution is 9.10. The second-order valence-corrected chi connectivity index (χ2v) is 6.83. The average molecular weight is 343 g/mol. The normalized spacial score (nSPS) is 12.9. The molecule has 0 aliphatic rings. The highest BCUT2D eigenvalue weighted by Gasteiger charge is 2.22. The van der Waals surface area contributed by atoms with E-state index in [2.05, 4.69) is 21.2 Å². The van der Waals surface area contributed by atoms with Crippen molar-refractivity contribution in [1.82, 2.24) is 5.32 Å². The number of hydrogen-bond acceptors (Lipinski definition) is 3. The molecular formula is C15H23BrN2O2. The zero-order valence-electron chi connectivity index (χ0n) is 12.7. The van der Waals surface area contributed by atoms with E-state index < -0.39 is 6.10 Å². The Hall–Kier alpha value is -1.07. The van der Waals surface area contributed by atoms with Crippen LogP contribution in [0.25, 0.3) is 0 Å². The molecule has 0 saturated carbocycles. The minimum atomic E-state index is -0.570. The van der Waals surface area contributed by atoms with Crippen LogP contribution in [0.15, 0.2) is 16.6 Å². The average Bonchev–Trinajstić information content (AvgIpc) is 2.29. The molecule has 112 valence electrons. The Kier molecular flexibility index (Phi) is 5.59. The Morgan fingerprint density at radius 1 is 1.45 bits per heavy atom. The summed E-state index contributed by atoms with van der Waals surface area (Å²) in [6, 6.07) is 3.86. The number of nitrogens with one attached hydrogen (secondary N) is 1. The fraction of sp³-hybridized carbons (Fsp3) is 0.533. The van der Waals surface area contributed by atoms with Gasteiger partial charge in [0.05, 0.1) is 0 Å². The molecule has 1 atom stereocenters. The molecule has 1 amide bonds. The van der Waals surface area contributed by atoms with Gasteiger partial charge in [0.1, 0.15) is 5.75 Å². The first kappa shape index (κ1) is 17.0. The Morgan fingerprint density at radius 3 is 2.55 bits per heavy atom. The minimum Gasteiger partial charge on any atom is -0.480 e. The van der Waals surface area contributed by atoms with Crippen LogP contribution in [0.3, 0.4) is 0 Å². The van der Waals surface area contributed by atoms with Crippen molar-refractivity contribution in [2.45, 2.75) is 52.8 Å². The predicted octanol–water partition coefficient (Wildman–Crippen LogP) is 2.90. The second kappa shape index (κ2) is 6.59. The van der Waals surface area contributed by atoms with E-state index in [0.717, 1.165) is 15.6 Å². The summed E-state index contributed by atoms with van der Waals surface area (Å²) in [6.45, 7) is 9.86. The lowest BCUT2D eigenvalue weighted by Gasteiger charge is -2.24. The van der Waals surface area contributed by atoms with Crippen molar-refractivity contribution in [1.29, 1.82) is 0 Å². The molecule has 5 heteroatoms. The number of nitrogens with two attached hydrogens (primary N) is 1. The van der Waals surface area contributed by atoms with Crippen molar-refractivity contribution >= 4 is 21.8 Å². The number of benzene rings is 1. The van der Waals surface area contributed by atoms with E-state index in [-0.39, 0.29) is 11.4 Å². The van der Waals surface area contributed by atoms with Crippen LogP contribution in [0, 0.1) is 6.92 Å². The highest BCUT2D eigenvalue weighted by Crippen LogP contribution is 2.28. The molecule has 20 heavy (non-hydrogen) atoms. The molecule has 1 aromatic carbocycles. The van der Waals surface area contributed by atoms with E-state index in [1.54, 1.807) is 6.92 Å². The number of rotatable bonds is 4. The molecule has 1 aromatic rings. The van der Waals surface area contributed by atoms with Crippen molar-refractivity contribution in [2.24, 2.45) is 5.73 Å². The molecular weight excluding hydrogens is 320 g/mol. The van der Waals surface area contributed by atoms with E-state index in [9.17, 15) is 4.79 Å². The lowest BCUT2D eigenvalue weighted by atomic mass is 10.1. The van der Waals surface area contributed by atoms with Gasteiger partial charge in [-0.05, 0) is 52.3 Å². The maximum Gasteiger partial charge on any atom is 0.261 e. The first-order chi connectivity index (χ1) is 9.14. The Labute approximate surface area is 129 Å². The molecule has 1 rings (SSSR count). The summed E-state index contributed by atoms with van der Waals surface area (Å²) in [5.41, 5.74) is 7.30. The third-order valence-corrected chi connectivity index (χ3v) is 3.16. The molecule has 4 nitrogen and oxygen atoms in total. The van der Waals surface area contributed by atoms with Gasteiger partial charge in [-0.3, -0.25) is 4.79 Å². The number of ether oxygens (including phenoxy) is 1. The molecule has 0 fully saturated rings. The largest absolute Gasteiger partial charge is 0.480 e. The molecule has 0 saturated heterocycles. The van der Waals surface area contributed by atoms with Crippen LogP contribution in [-0.4, -0.2) is 17.6 Å². The summed E-state index contributed by atoms with van der Waals surface area (Å²) in [5.74, 6) is 0.551. The van der Waals surface area contributed by atoms with Crippen molar-refractivity contribution in [2.75, 3.05) is 0 Å².